The molecule has 1 N–H and O–H groups in total. The van der Waals surface area contributed by atoms with Gasteiger partial charge < -0.3 is 15.0 Å². The van der Waals surface area contributed by atoms with Crippen molar-refractivity contribution < 1.29 is 14.3 Å². The number of amides is 2. The molecule has 2 amide bonds. The third kappa shape index (κ3) is 3.47. The molecule has 1 rings (SSSR count). The first-order valence-electron chi connectivity index (χ1n) is 6.89. The molecule has 0 bridgehead atoms. The van der Waals surface area contributed by atoms with Crippen LogP contribution >= 0.6 is 0 Å². The van der Waals surface area contributed by atoms with E-state index in [9.17, 15) is 9.59 Å². The molecule has 1 heterocycles. The standard InChI is InChI=1S/C14H26N2O3/c1-7-10-12(17)15-11(9(2)3)13(18)16(10)8-14(4,5)19-6/h9-11H,7-8H2,1-6H3,(H,15,17). The van der Waals surface area contributed by atoms with Crippen molar-refractivity contribution in [1.82, 2.24) is 10.2 Å². The molecule has 2 atom stereocenters. The maximum Gasteiger partial charge on any atom is 0.246 e. The lowest BCUT2D eigenvalue weighted by Gasteiger charge is -2.43. The van der Waals surface area contributed by atoms with Gasteiger partial charge >= 0.3 is 0 Å². The van der Waals surface area contributed by atoms with Crippen LogP contribution in [0.4, 0.5) is 0 Å². The minimum atomic E-state index is -0.456. The minimum absolute atomic E-state index is 0.00780. The molecule has 0 spiro atoms. The highest BCUT2D eigenvalue weighted by molar-refractivity contribution is 5.97. The Morgan fingerprint density at radius 3 is 2.37 bits per heavy atom. The van der Waals surface area contributed by atoms with Gasteiger partial charge in [0.2, 0.25) is 11.8 Å². The first-order valence-corrected chi connectivity index (χ1v) is 6.89. The molecule has 0 aromatic heterocycles. The average Bonchev–Trinajstić information content (AvgIpc) is 2.33. The van der Waals surface area contributed by atoms with E-state index in [4.69, 9.17) is 4.74 Å². The van der Waals surface area contributed by atoms with Gasteiger partial charge in [-0.05, 0) is 26.2 Å². The van der Waals surface area contributed by atoms with Gasteiger partial charge in [-0.1, -0.05) is 20.8 Å². The van der Waals surface area contributed by atoms with Crippen molar-refractivity contribution in [3.8, 4) is 0 Å². The van der Waals surface area contributed by atoms with E-state index in [1.54, 1.807) is 12.0 Å². The highest BCUT2D eigenvalue weighted by Crippen LogP contribution is 2.21. The van der Waals surface area contributed by atoms with Gasteiger partial charge in [0.15, 0.2) is 0 Å². The third-order valence-corrected chi connectivity index (χ3v) is 3.68. The number of nitrogens with zero attached hydrogens (tertiary/aromatic N) is 1. The molecule has 0 aromatic carbocycles. The van der Waals surface area contributed by atoms with Crippen LogP contribution in [0, 0.1) is 5.92 Å². The van der Waals surface area contributed by atoms with Crippen LogP contribution < -0.4 is 5.32 Å². The van der Waals surface area contributed by atoms with E-state index in [-0.39, 0.29) is 17.7 Å². The molecular weight excluding hydrogens is 244 g/mol. The summed E-state index contributed by atoms with van der Waals surface area (Å²) in [5.74, 6) is 0.0155. The maximum atomic E-state index is 12.5. The van der Waals surface area contributed by atoms with Gasteiger partial charge in [-0.25, -0.2) is 0 Å². The number of carbonyl (C=O) groups excluding carboxylic acids is 2. The Balaban J connectivity index is 2.99. The minimum Gasteiger partial charge on any atom is -0.377 e. The molecule has 0 aromatic rings. The molecule has 1 aliphatic rings. The summed E-state index contributed by atoms with van der Waals surface area (Å²) in [6.07, 6.45) is 0.613. The Bertz CT molecular complexity index is 353. The summed E-state index contributed by atoms with van der Waals surface area (Å²) in [5.41, 5.74) is -0.456. The zero-order valence-electron chi connectivity index (χ0n) is 12.8. The van der Waals surface area contributed by atoms with E-state index < -0.39 is 17.7 Å². The van der Waals surface area contributed by atoms with Gasteiger partial charge in [-0.2, -0.15) is 0 Å². The Morgan fingerprint density at radius 2 is 1.95 bits per heavy atom. The number of hydrogen-bond donors (Lipinski definition) is 1. The molecular formula is C14H26N2O3. The fraction of sp³-hybridized carbons (Fsp3) is 0.857. The van der Waals surface area contributed by atoms with Crippen LogP contribution in [0.25, 0.3) is 0 Å². The third-order valence-electron chi connectivity index (χ3n) is 3.68. The summed E-state index contributed by atoms with van der Waals surface area (Å²) in [5, 5.41) is 2.83. The smallest absolute Gasteiger partial charge is 0.246 e. The summed E-state index contributed by atoms with van der Waals surface area (Å²) in [4.78, 5) is 26.3. The van der Waals surface area contributed by atoms with Crippen molar-refractivity contribution in [3.05, 3.63) is 0 Å². The second-order valence-electron chi connectivity index (χ2n) is 6.08. The van der Waals surface area contributed by atoms with Gasteiger partial charge in [0.25, 0.3) is 0 Å². The van der Waals surface area contributed by atoms with Crippen LogP contribution in [0.2, 0.25) is 0 Å². The molecule has 2 unspecified atom stereocenters. The fourth-order valence-electron chi connectivity index (χ4n) is 2.31. The predicted molar refractivity (Wildman–Crippen MR) is 73.6 cm³/mol. The van der Waals surface area contributed by atoms with E-state index >= 15 is 0 Å². The molecule has 110 valence electrons. The van der Waals surface area contributed by atoms with E-state index in [1.165, 1.54) is 0 Å². The van der Waals surface area contributed by atoms with Crippen molar-refractivity contribution in [2.24, 2.45) is 5.92 Å². The Labute approximate surface area is 115 Å². The van der Waals surface area contributed by atoms with Crippen molar-refractivity contribution >= 4 is 11.8 Å². The van der Waals surface area contributed by atoms with Crippen LogP contribution in [-0.4, -0.2) is 48.1 Å². The molecule has 1 saturated heterocycles. The first-order chi connectivity index (χ1) is 8.73. The Morgan fingerprint density at radius 1 is 1.37 bits per heavy atom. The largest absolute Gasteiger partial charge is 0.377 e. The van der Waals surface area contributed by atoms with Crippen LogP contribution in [0.1, 0.15) is 41.0 Å². The summed E-state index contributed by atoms with van der Waals surface area (Å²) in [6.45, 7) is 10.1. The zero-order chi connectivity index (χ0) is 14.8. The summed E-state index contributed by atoms with van der Waals surface area (Å²) >= 11 is 0. The highest BCUT2D eigenvalue weighted by atomic mass is 16.5. The molecule has 0 radical (unpaired) electrons. The zero-order valence-corrected chi connectivity index (χ0v) is 12.8. The number of hydrogen-bond acceptors (Lipinski definition) is 3. The quantitative estimate of drug-likeness (QED) is 0.816. The number of ether oxygens (including phenoxy) is 1. The lowest BCUT2D eigenvalue weighted by molar-refractivity contribution is -0.154. The molecule has 0 saturated carbocycles. The van der Waals surface area contributed by atoms with Gasteiger partial charge in [0, 0.05) is 7.11 Å². The molecule has 0 aliphatic carbocycles. The van der Waals surface area contributed by atoms with Gasteiger partial charge in [-0.3, -0.25) is 9.59 Å². The van der Waals surface area contributed by atoms with Gasteiger partial charge in [0.1, 0.15) is 12.1 Å². The lowest BCUT2D eigenvalue weighted by atomic mass is 9.95. The molecule has 19 heavy (non-hydrogen) atoms. The summed E-state index contributed by atoms with van der Waals surface area (Å²) < 4.78 is 5.39. The summed E-state index contributed by atoms with van der Waals surface area (Å²) in [7, 11) is 1.62. The van der Waals surface area contributed by atoms with Crippen LogP contribution in [0.15, 0.2) is 0 Å². The highest BCUT2D eigenvalue weighted by Gasteiger charge is 2.42. The van der Waals surface area contributed by atoms with Gasteiger partial charge in [0.05, 0.1) is 12.1 Å². The fourth-order valence-corrected chi connectivity index (χ4v) is 2.31. The SMILES string of the molecule is CCC1C(=O)NC(C(C)C)C(=O)N1CC(C)(C)OC. The van der Waals surface area contributed by atoms with E-state index in [0.29, 0.717) is 13.0 Å². The second-order valence-corrected chi connectivity index (χ2v) is 6.08. The maximum absolute atomic E-state index is 12.5. The van der Waals surface area contributed by atoms with Crippen molar-refractivity contribution in [2.45, 2.75) is 58.7 Å². The number of carbonyl (C=O) groups is 2. The van der Waals surface area contributed by atoms with E-state index in [1.807, 2.05) is 34.6 Å². The Kier molecular flexibility index (Phi) is 4.96. The number of methoxy groups -OCH3 is 1. The number of rotatable bonds is 5. The average molecular weight is 270 g/mol. The van der Waals surface area contributed by atoms with Gasteiger partial charge in [-0.15, -0.1) is 0 Å². The normalized spacial score (nSPS) is 24.9. The van der Waals surface area contributed by atoms with Crippen LogP contribution in [0.5, 0.6) is 0 Å². The van der Waals surface area contributed by atoms with Crippen molar-refractivity contribution in [2.75, 3.05) is 13.7 Å². The monoisotopic (exact) mass is 270 g/mol. The number of nitrogens with one attached hydrogen (secondary N) is 1. The molecule has 5 heteroatoms. The topological polar surface area (TPSA) is 58.6 Å². The van der Waals surface area contributed by atoms with E-state index in [0.717, 1.165) is 0 Å². The van der Waals surface area contributed by atoms with Crippen molar-refractivity contribution in [1.29, 1.82) is 0 Å². The number of piperazine rings is 1. The lowest BCUT2D eigenvalue weighted by Crippen LogP contribution is -2.66. The van der Waals surface area contributed by atoms with Crippen LogP contribution in [0.3, 0.4) is 0 Å². The molecule has 1 fully saturated rings. The van der Waals surface area contributed by atoms with Crippen LogP contribution in [-0.2, 0) is 14.3 Å². The second kappa shape index (κ2) is 5.90. The predicted octanol–water partition coefficient (Wildman–Crippen LogP) is 1.17. The molecule has 1 aliphatic heterocycles. The first kappa shape index (κ1) is 16.0. The Hall–Kier alpha value is -1.10. The summed E-state index contributed by atoms with van der Waals surface area (Å²) in [6, 6.07) is -0.820. The van der Waals surface area contributed by atoms with Crippen molar-refractivity contribution in [3.63, 3.8) is 0 Å². The van der Waals surface area contributed by atoms with E-state index in [2.05, 4.69) is 5.32 Å². The molecule has 5 nitrogen and oxygen atoms in total.